The van der Waals surface area contributed by atoms with Gasteiger partial charge in [0.2, 0.25) is 6.41 Å². The van der Waals surface area contributed by atoms with Gasteiger partial charge in [0.1, 0.15) is 0 Å². The van der Waals surface area contributed by atoms with Crippen molar-refractivity contribution >= 4 is 6.41 Å². The van der Waals surface area contributed by atoms with E-state index in [1.165, 1.54) is 0 Å². The number of carbonyl (C=O) groups is 1. The molecule has 3 nitrogen and oxygen atoms in total. The summed E-state index contributed by atoms with van der Waals surface area (Å²) in [5, 5.41) is 11.6. The molecule has 0 aromatic heterocycles. The van der Waals surface area contributed by atoms with Gasteiger partial charge in [0.05, 0.1) is 12.6 Å². The molecule has 0 radical (unpaired) electrons. The monoisotopic (exact) mass is 203 g/mol. The fraction of sp³-hybridized carbons (Fsp3) is 0.250. The third-order valence-electron chi connectivity index (χ3n) is 2.03. The van der Waals surface area contributed by atoms with Crippen LogP contribution in [0.5, 0.6) is 0 Å². The number of benzene rings is 1. The lowest BCUT2D eigenvalue weighted by molar-refractivity contribution is -0.110. The molecular weight excluding hydrogens is 190 g/mol. The summed E-state index contributed by atoms with van der Waals surface area (Å²) in [6.07, 6.45) is 0.584. The third kappa shape index (κ3) is 3.12. The SMILES string of the molecule is CC#Cc1ccc(C(CO)NC=O)cc1. The molecule has 1 atom stereocenters. The Morgan fingerprint density at radius 3 is 2.60 bits per heavy atom. The van der Waals surface area contributed by atoms with E-state index in [2.05, 4.69) is 17.2 Å². The minimum absolute atomic E-state index is 0.114. The van der Waals surface area contributed by atoms with Crippen LogP contribution >= 0.6 is 0 Å². The molecule has 0 bridgehead atoms. The van der Waals surface area contributed by atoms with Crippen LogP contribution in [0.3, 0.4) is 0 Å². The fourth-order valence-electron chi connectivity index (χ4n) is 1.28. The highest BCUT2D eigenvalue weighted by atomic mass is 16.3. The molecule has 1 rings (SSSR count). The van der Waals surface area contributed by atoms with Gasteiger partial charge in [-0.3, -0.25) is 4.79 Å². The van der Waals surface area contributed by atoms with E-state index in [-0.39, 0.29) is 12.6 Å². The molecule has 0 aliphatic heterocycles. The third-order valence-corrected chi connectivity index (χ3v) is 2.03. The summed E-state index contributed by atoms with van der Waals surface area (Å²) >= 11 is 0. The zero-order chi connectivity index (χ0) is 11.1. The van der Waals surface area contributed by atoms with Gasteiger partial charge < -0.3 is 10.4 Å². The first-order valence-electron chi connectivity index (χ1n) is 4.65. The lowest BCUT2D eigenvalue weighted by Gasteiger charge is -2.12. The Labute approximate surface area is 89.1 Å². The fourth-order valence-corrected chi connectivity index (χ4v) is 1.28. The van der Waals surface area contributed by atoms with Crippen molar-refractivity contribution in [3.05, 3.63) is 35.4 Å². The van der Waals surface area contributed by atoms with E-state index in [1.807, 2.05) is 24.3 Å². The first-order chi connectivity index (χ1) is 7.31. The molecule has 1 aromatic rings. The summed E-state index contributed by atoms with van der Waals surface area (Å²) in [6, 6.07) is 7.07. The van der Waals surface area contributed by atoms with E-state index in [0.717, 1.165) is 11.1 Å². The van der Waals surface area contributed by atoms with Gasteiger partial charge in [0.25, 0.3) is 0 Å². The number of nitrogens with one attached hydrogen (secondary N) is 1. The molecule has 0 saturated heterocycles. The van der Waals surface area contributed by atoms with E-state index < -0.39 is 0 Å². The van der Waals surface area contributed by atoms with Gasteiger partial charge in [-0.25, -0.2) is 0 Å². The van der Waals surface area contributed by atoms with Crippen molar-refractivity contribution in [2.75, 3.05) is 6.61 Å². The summed E-state index contributed by atoms with van der Waals surface area (Å²) in [6.45, 7) is 1.66. The lowest BCUT2D eigenvalue weighted by Crippen LogP contribution is -2.22. The highest BCUT2D eigenvalue weighted by Gasteiger charge is 2.07. The van der Waals surface area contributed by atoms with Crippen LogP contribution < -0.4 is 5.32 Å². The second-order valence-corrected chi connectivity index (χ2v) is 3.02. The van der Waals surface area contributed by atoms with Crippen LogP contribution in [0.25, 0.3) is 0 Å². The molecule has 2 N–H and O–H groups in total. The van der Waals surface area contributed by atoms with Crippen molar-refractivity contribution in [3.63, 3.8) is 0 Å². The minimum Gasteiger partial charge on any atom is -0.394 e. The van der Waals surface area contributed by atoms with E-state index in [0.29, 0.717) is 6.41 Å². The maximum atomic E-state index is 10.3. The summed E-state index contributed by atoms with van der Waals surface area (Å²) in [7, 11) is 0. The first kappa shape index (κ1) is 11.3. The van der Waals surface area contributed by atoms with Gasteiger partial charge in [-0.2, -0.15) is 0 Å². The van der Waals surface area contributed by atoms with Gasteiger partial charge in [0.15, 0.2) is 0 Å². The summed E-state index contributed by atoms with van der Waals surface area (Å²) < 4.78 is 0. The number of amides is 1. The van der Waals surface area contributed by atoms with Crippen LogP contribution in [0.1, 0.15) is 24.1 Å². The quantitative estimate of drug-likeness (QED) is 0.562. The summed E-state index contributed by atoms with van der Waals surface area (Å²) in [5.41, 5.74) is 1.79. The Morgan fingerprint density at radius 2 is 2.13 bits per heavy atom. The molecule has 1 aromatic carbocycles. The van der Waals surface area contributed by atoms with Gasteiger partial charge >= 0.3 is 0 Å². The van der Waals surface area contributed by atoms with Crippen LogP contribution in [-0.2, 0) is 4.79 Å². The zero-order valence-corrected chi connectivity index (χ0v) is 8.53. The van der Waals surface area contributed by atoms with Crippen molar-refractivity contribution in [2.24, 2.45) is 0 Å². The van der Waals surface area contributed by atoms with E-state index in [9.17, 15) is 4.79 Å². The molecule has 0 saturated carbocycles. The van der Waals surface area contributed by atoms with E-state index in [1.54, 1.807) is 6.92 Å². The highest BCUT2D eigenvalue weighted by molar-refractivity contribution is 5.48. The van der Waals surface area contributed by atoms with Crippen LogP contribution in [0, 0.1) is 11.8 Å². The molecule has 15 heavy (non-hydrogen) atoms. The molecule has 1 amide bonds. The number of carbonyl (C=O) groups excluding carboxylic acids is 1. The molecule has 78 valence electrons. The zero-order valence-electron chi connectivity index (χ0n) is 8.53. The largest absolute Gasteiger partial charge is 0.394 e. The second-order valence-electron chi connectivity index (χ2n) is 3.02. The molecule has 0 heterocycles. The van der Waals surface area contributed by atoms with Gasteiger partial charge in [-0.15, -0.1) is 5.92 Å². The number of rotatable bonds is 4. The lowest BCUT2D eigenvalue weighted by atomic mass is 10.1. The Bertz CT molecular complexity index is 373. The maximum Gasteiger partial charge on any atom is 0.207 e. The molecule has 0 spiro atoms. The predicted octanol–water partition coefficient (Wildman–Crippen LogP) is 0.837. The topological polar surface area (TPSA) is 49.3 Å². The van der Waals surface area contributed by atoms with E-state index in [4.69, 9.17) is 5.11 Å². The Balaban J connectivity index is 2.84. The van der Waals surface area contributed by atoms with E-state index >= 15 is 0 Å². The molecule has 0 aliphatic rings. The standard InChI is InChI=1S/C12H13NO2/c1-2-3-10-4-6-11(7-5-10)12(8-14)13-9-15/h4-7,9,12,14H,8H2,1H3,(H,13,15). The molecule has 0 fully saturated rings. The summed E-state index contributed by atoms with van der Waals surface area (Å²) in [4.78, 5) is 10.3. The van der Waals surface area contributed by atoms with Crippen LogP contribution in [0.2, 0.25) is 0 Å². The normalized spacial score (nSPS) is 11.1. The molecule has 1 unspecified atom stereocenters. The average molecular weight is 203 g/mol. The Kier molecular flexibility index (Phi) is 4.39. The molecule has 0 aliphatic carbocycles. The van der Waals surface area contributed by atoms with Crippen molar-refractivity contribution in [1.29, 1.82) is 0 Å². The number of hydrogen-bond acceptors (Lipinski definition) is 2. The van der Waals surface area contributed by atoms with Gasteiger partial charge in [0, 0.05) is 5.56 Å². The average Bonchev–Trinajstić information content (AvgIpc) is 2.28. The van der Waals surface area contributed by atoms with Crippen LogP contribution in [0.4, 0.5) is 0 Å². The van der Waals surface area contributed by atoms with Crippen LogP contribution in [-0.4, -0.2) is 18.1 Å². The Morgan fingerprint density at radius 1 is 1.47 bits per heavy atom. The van der Waals surface area contributed by atoms with Gasteiger partial charge in [-0.1, -0.05) is 18.1 Å². The first-order valence-corrected chi connectivity index (χ1v) is 4.65. The minimum atomic E-state index is -0.342. The van der Waals surface area contributed by atoms with Gasteiger partial charge in [-0.05, 0) is 24.6 Å². The Hall–Kier alpha value is -1.79. The highest BCUT2D eigenvalue weighted by Crippen LogP contribution is 2.12. The molecular formula is C12H13NO2. The molecule has 3 heteroatoms. The summed E-state index contributed by atoms with van der Waals surface area (Å²) in [5.74, 6) is 5.72. The smallest absolute Gasteiger partial charge is 0.207 e. The van der Waals surface area contributed by atoms with Crippen molar-refractivity contribution in [3.8, 4) is 11.8 Å². The second kappa shape index (κ2) is 5.84. The van der Waals surface area contributed by atoms with Crippen molar-refractivity contribution in [2.45, 2.75) is 13.0 Å². The van der Waals surface area contributed by atoms with Crippen molar-refractivity contribution in [1.82, 2.24) is 5.32 Å². The van der Waals surface area contributed by atoms with Crippen LogP contribution in [0.15, 0.2) is 24.3 Å². The maximum absolute atomic E-state index is 10.3. The van der Waals surface area contributed by atoms with Crippen molar-refractivity contribution < 1.29 is 9.90 Å². The number of hydrogen-bond donors (Lipinski definition) is 2. The number of aliphatic hydroxyl groups is 1. The predicted molar refractivity (Wildman–Crippen MR) is 58.0 cm³/mol. The number of aliphatic hydroxyl groups excluding tert-OH is 1.